The van der Waals surface area contributed by atoms with E-state index in [4.69, 9.17) is 9.47 Å². The highest BCUT2D eigenvalue weighted by atomic mass is 19.1. The summed E-state index contributed by atoms with van der Waals surface area (Å²) in [6.45, 7) is 6.36. The SMILES string of the molecule is CNC[C@H](CC(C)C)NC(=O)N1CCC[C@@H]([C@@](O)(CCCCOC)c2cc(F)ccc2Oc2ccc(F)cc2)C1. The number of nitrogens with one attached hydrogen (secondary N) is 2. The van der Waals surface area contributed by atoms with Crippen LogP contribution >= 0.6 is 0 Å². The fraction of sp³-hybridized carbons (Fsp3) is 0.581. The zero-order chi connectivity index (χ0) is 29.1. The van der Waals surface area contributed by atoms with Crippen LogP contribution in [0.2, 0.25) is 0 Å². The molecule has 40 heavy (non-hydrogen) atoms. The molecule has 3 N–H and O–H groups in total. The third-order valence-electron chi connectivity index (χ3n) is 7.52. The van der Waals surface area contributed by atoms with Crippen molar-refractivity contribution in [3.05, 3.63) is 59.7 Å². The average molecular weight is 562 g/mol. The molecule has 1 saturated heterocycles. The number of likely N-dealkylation sites (N-methyl/N-ethyl adjacent to an activating group) is 1. The molecule has 0 radical (unpaired) electrons. The molecule has 7 nitrogen and oxygen atoms in total. The molecule has 0 bridgehead atoms. The van der Waals surface area contributed by atoms with E-state index in [1.165, 1.54) is 42.5 Å². The standard InChI is InChI=1S/C31H45F2N3O4/c1-22(2)18-26(20-34-3)35-30(37)36-16-7-8-23(21-36)31(38,15-5-6-17-39-4)28-19-25(33)11-14-29(28)40-27-12-9-24(32)10-13-27/h9-14,19,22-23,26,34,38H,5-8,15-18,20-21H2,1-4H3,(H,35,37)/t23-,26+,31+/m1/s1. The average Bonchev–Trinajstić information content (AvgIpc) is 2.93. The lowest BCUT2D eigenvalue weighted by atomic mass is 9.73. The molecule has 2 aromatic carbocycles. The Bertz CT molecular complexity index is 1070. The lowest BCUT2D eigenvalue weighted by Crippen LogP contribution is -2.54. The number of unbranched alkanes of at least 4 members (excludes halogenated alkanes) is 1. The maximum absolute atomic E-state index is 14.7. The number of ether oxygens (including phenoxy) is 2. The highest BCUT2D eigenvalue weighted by Gasteiger charge is 2.43. The molecule has 3 atom stereocenters. The van der Waals surface area contributed by atoms with Gasteiger partial charge in [0.1, 0.15) is 23.1 Å². The molecule has 1 fully saturated rings. The van der Waals surface area contributed by atoms with Crippen LogP contribution in [-0.2, 0) is 10.3 Å². The number of amides is 2. The summed E-state index contributed by atoms with van der Waals surface area (Å²) in [5, 5.41) is 18.7. The normalized spacial score (nSPS) is 17.9. The van der Waals surface area contributed by atoms with Crippen molar-refractivity contribution in [3.8, 4) is 11.5 Å². The van der Waals surface area contributed by atoms with Crippen molar-refractivity contribution in [2.24, 2.45) is 11.8 Å². The number of hydrogen-bond acceptors (Lipinski definition) is 5. The van der Waals surface area contributed by atoms with Crippen molar-refractivity contribution in [1.29, 1.82) is 0 Å². The van der Waals surface area contributed by atoms with Crippen LogP contribution in [-0.4, -0.2) is 62.5 Å². The van der Waals surface area contributed by atoms with Crippen molar-refractivity contribution >= 4 is 6.03 Å². The van der Waals surface area contributed by atoms with Gasteiger partial charge in [-0.1, -0.05) is 13.8 Å². The van der Waals surface area contributed by atoms with Gasteiger partial charge >= 0.3 is 6.03 Å². The summed E-state index contributed by atoms with van der Waals surface area (Å²) in [4.78, 5) is 15.1. The van der Waals surface area contributed by atoms with Crippen LogP contribution in [0.15, 0.2) is 42.5 Å². The molecule has 2 aromatic rings. The summed E-state index contributed by atoms with van der Waals surface area (Å²) in [6, 6.07) is 9.48. The van der Waals surface area contributed by atoms with Gasteiger partial charge in [0.05, 0.1) is 5.60 Å². The molecule has 0 aliphatic carbocycles. The van der Waals surface area contributed by atoms with Gasteiger partial charge in [-0.3, -0.25) is 0 Å². The van der Waals surface area contributed by atoms with Crippen molar-refractivity contribution in [3.63, 3.8) is 0 Å². The summed E-state index contributed by atoms with van der Waals surface area (Å²) in [5.74, 6) is -0.133. The Kier molecular flexibility index (Phi) is 12.2. The van der Waals surface area contributed by atoms with E-state index in [9.17, 15) is 18.7 Å². The molecule has 1 heterocycles. The Morgan fingerprint density at radius 3 is 2.55 bits per heavy atom. The Morgan fingerprint density at radius 1 is 1.15 bits per heavy atom. The maximum Gasteiger partial charge on any atom is 0.317 e. The van der Waals surface area contributed by atoms with E-state index in [-0.39, 0.29) is 18.0 Å². The van der Waals surface area contributed by atoms with Crippen molar-refractivity contribution in [2.75, 3.05) is 40.4 Å². The first-order chi connectivity index (χ1) is 19.2. The van der Waals surface area contributed by atoms with Gasteiger partial charge in [0, 0.05) is 50.9 Å². The largest absolute Gasteiger partial charge is 0.457 e. The van der Waals surface area contributed by atoms with Gasteiger partial charge in [-0.2, -0.15) is 0 Å². The molecule has 1 aliphatic heterocycles. The van der Waals surface area contributed by atoms with Crippen molar-refractivity contribution in [2.45, 2.75) is 64.0 Å². The van der Waals surface area contributed by atoms with Crippen LogP contribution in [0.5, 0.6) is 11.5 Å². The molecule has 2 amide bonds. The van der Waals surface area contributed by atoms with Crippen LogP contribution in [0.4, 0.5) is 13.6 Å². The Labute approximate surface area is 237 Å². The molecule has 0 spiro atoms. The Balaban J connectivity index is 1.90. The predicted octanol–water partition coefficient (Wildman–Crippen LogP) is 5.82. The minimum absolute atomic E-state index is 0.00950. The highest BCUT2D eigenvalue weighted by molar-refractivity contribution is 5.74. The fourth-order valence-electron chi connectivity index (χ4n) is 5.58. The van der Waals surface area contributed by atoms with Gasteiger partial charge < -0.3 is 30.1 Å². The van der Waals surface area contributed by atoms with Gasteiger partial charge in [0.15, 0.2) is 0 Å². The minimum Gasteiger partial charge on any atom is -0.457 e. The predicted molar refractivity (Wildman–Crippen MR) is 152 cm³/mol. The maximum atomic E-state index is 14.7. The van der Waals surface area contributed by atoms with Gasteiger partial charge in [-0.15, -0.1) is 0 Å². The van der Waals surface area contributed by atoms with Crippen molar-refractivity contribution < 1.29 is 28.2 Å². The Morgan fingerprint density at radius 2 is 1.88 bits per heavy atom. The first-order valence-electron chi connectivity index (χ1n) is 14.3. The van der Waals surface area contributed by atoms with E-state index in [1.54, 1.807) is 12.0 Å². The number of nitrogens with zero attached hydrogens (tertiary/aromatic N) is 1. The van der Waals surface area contributed by atoms with E-state index < -0.39 is 17.2 Å². The van der Waals surface area contributed by atoms with Crippen LogP contribution < -0.4 is 15.4 Å². The van der Waals surface area contributed by atoms with E-state index >= 15 is 0 Å². The molecule has 0 aromatic heterocycles. The number of aliphatic hydroxyl groups is 1. The van der Waals surface area contributed by atoms with Crippen LogP contribution in [0.3, 0.4) is 0 Å². The number of rotatable bonds is 14. The molecule has 9 heteroatoms. The summed E-state index contributed by atoms with van der Waals surface area (Å²) in [6.07, 6.45) is 3.93. The second-order valence-electron chi connectivity index (χ2n) is 11.2. The first-order valence-corrected chi connectivity index (χ1v) is 14.3. The fourth-order valence-corrected chi connectivity index (χ4v) is 5.58. The summed E-state index contributed by atoms with van der Waals surface area (Å²) < 4.78 is 39.4. The van der Waals surface area contributed by atoms with Gasteiger partial charge in [0.25, 0.3) is 0 Å². The summed E-state index contributed by atoms with van der Waals surface area (Å²) in [5.41, 5.74) is -1.14. The first kappa shape index (κ1) is 31.8. The van der Waals surface area contributed by atoms with Crippen LogP contribution in [0.25, 0.3) is 0 Å². The second kappa shape index (κ2) is 15.3. The number of methoxy groups -OCH3 is 1. The van der Waals surface area contributed by atoms with Crippen LogP contribution in [0.1, 0.15) is 57.9 Å². The zero-order valence-corrected chi connectivity index (χ0v) is 24.2. The number of hydrogen-bond donors (Lipinski definition) is 3. The topological polar surface area (TPSA) is 83.1 Å². The molecule has 0 unspecified atom stereocenters. The molecular formula is C31H45F2N3O4. The molecule has 1 aliphatic rings. The van der Waals surface area contributed by atoms with Crippen LogP contribution in [0, 0.1) is 23.5 Å². The summed E-state index contributed by atoms with van der Waals surface area (Å²) >= 11 is 0. The monoisotopic (exact) mass is 561 g/mol. The van der Waals surface area contributed by atoms with Gasteiger partial charge in [-0.25, -0.2) is 13.6 Å². The number of likely N-dealkylation sites (tertiary alicyclic amines) is 1. The Hall–Kier alpha value is -2.75. The number of carbonyl (C=O) groups excluding carboxylic acids is 1. The van der Waals surface area contributed by atoms with E-state index in [1.807, 2.05) is 7.05 Å². The second-order valence-corrected chi connectivity index (χ2v) is 11.2. The molecule has 0 saturated carbocycles. The number of urea groups is 1. The van der Waals surface area contributed by atoms with E-state index in [0.29, 0.717) is 74.9 Å². The van der Waals surface area contributed by atoms with Crippen molar-refractivity contribution in [1.82, 2.24) is 15.5 Å². The smallest absolute Gasteiger partial charge is 0.317 e. The lowest BCUT2D eigenvalue weighted by Gasteiger charge is -2.43. The molecular weight excluding hydrogens is 516 g/mol. The number of halogens is 2. The van der Waals surface area contributed by atoms with Gasteiger partial charge in [0.2, 0.25) is 0 Å². The third-order valence-corrected chi connectivity index (χ3v) is 7.52. The minimum atomic E-state index is -1.47. The zero-order valence-electron chi connectivity index (χ0n) is 24.2. The quantitative estimate of drug-likeness (QED) is 0.253. The molecule has 3 rings (SSSR count). The third kappa shape index (κ3) is 8.88. The number of piperidine rings is 1. The number of benzene rings is 2. The summed E-state index contributed by atoms with van der Waals surface area (Å²) in [7, 11) is 3.50. The van der Waals surface area contributed by atoms with Gasteiger partial charge in [-0.05, 0) is 94.0 Å². The molecule has 222 valence electrons. The lowest BCUT2D eigenvalue weighted by molar-refractivity contribution is -0.0577. The van der Waals surface area contributed by atoms with E-state index in [2.05, 4.69) is 24.5 Å². The number of carbonyl (C=O) groups is 1. The highest BCUT2D eigenvalue weighted by Crippen LogP contribution is 2.44. The van der Waals surface area contributed by atoms with E-state index in [0.717, 1.165) is 12.8 Å².